The number of fused-ring (bicyclic) bond motifs is 1. The molecule has 0 aliphatic carbocycles. The van der Waals surface area contributed by atoms with Crippen molar-refractivity contribution >= 4 is 34.2 Å². The van der Waals surface area contributed by atoms with Gasteiger partial charge in [0.25, 0.3) is 5.56 Å². The fraction of sp³-hybridized carbons (Fsp3) is 0.250. The number of carbonyl (C=O) groups is 2. The van der Waals surface area contributed by atoms with Crippen LogP contribution in [-0.4, -0.2) is 39.1 Å². The summed E-state index contributed by atoms with van der Waals surface area (Å²) >= 11 is 5.98. The molecule has 0 bridgehead atoms. The maximum atomic E-state index is 13.2. The van der Waals surface area contributed by atoms with Gasteiger partial charge in [0.05, 0.1) is 29.0 Å². The van der Waals surface area contributed by atoms with Gasteiger partial charge < -0.3 is 15.2 Å². The Balaban J connectivity index is 1.92. The molecule has 10 heteroatoms. The van der Waals surface area contributed by atoms with Crippen molar-refractivity contribution in [2.75, 3.05) is 6.67 Å². The first-order valence-electron chi connectivity index (χ1n) is 10.4. The van der Waals surface area contributed by atoms with Crippen LogP contribution in [0.4, 0.5) is 4.39 Å². The number of rotatable bonds is 10. The number of nitrogens with zero attached hydrogens (tertiary/aromatic N) is 2. The summed E-state index contributed by atoms with van der Waals surface area (Å²) < 4.78 is 19.8. The third kappa shape index (κ3) is 5.79. The molecule has 8 nitrogen and oxygen atoms in total. The monoisotopic (exact) mass is 487 g/mol. The van der Waals surface area contributed by atoms with Crippen LogP contribution in [0.2, 0.25) is 5.02 Å². The van der Waals surface area contributed by atoms with Crippen molar-refractivity contribution in [3.05, 3.63) is 76.5 Å². The Kier molecular flexibility index (Phi) is 8.01. The average molecular weight is 488 g/mol. The Morgan fingerprint density at radius 1 is 1.26 bits per heavy atom. The molecule has 0 aliphatic rings. The highest BCUT2D eigenvalue weighted by molar-refractivity contribution is 6.30. The highest BCUT2D eigenvalue weighted by Crippen LogP contribution is 2.26. The smallest absolute Gasteiger partial charge is 0.262 e. The SMILES string of the molecule is C=C(O)CC(NC(=O)[C@H](CC)n1cnc2ccc(Oc3cccc(Cl)c3)cc2c1=O)C(=O)CF. The van der Waals surface area contributed by atoms with Crippen molar-refractivity contribution in [1.82, 2.24) is 14.9 Å². The molecular weight excluding hydrogens is 465 g/mol. The summed E-state index contributed by atoms with van der Waals surface area (Å²) in [5, 5.41) is 12.5. The van der Waals surface area contributed by atoms with E-state index < -0.39 is 36.0 Å². The van der Waals surface area contributed by atoms with Gasteiger partial charge in [0.15, 0.2) is 5.78 Å². The molecule has 3 aromatic rings. The number of hydrogen-bond donors (Lipinski definition) is 2. The molecule has 2 atom stereocenters. The fourth-order valence-electron chi connectivity index (χ4n) is 3.42. The van der Waals surface area contributed by atoms with Gasteiger partial charge in [-0.3, -0.25) is 19.0 Å². The highest BCUT2D eigenvalue weighted by Gasteiger charge is 2.27. The number of carbonyl (C=O) groups excluding carboxylic acids is 2. The van der Waals surface area contributed by atoms with E-state index in [-0.39, 0.29) is 24.0 Å². The molecule has 0 fully saturated rings. The van der Waals surface area contributed by atoms with Crippen LogP contribution in [0.3, 0.4) is 0 Å². The quantitative estimate of drug-likeness (QED) is 0.413. The van der Waals surface area contributed by atoms with E-state index in [1.165, 1.54) is 12.4 Å². The molecule has 1 aromatic heterocycles. The Labute approximate surface area is 199 Å². The van der Waals surface area contributed by atoms with Crippen molar-refractivity contribution < 1.29 is 23.8 Å². The van der Waals surface area contributed by atoms with E-state index >= 15 is 0 Å². The molecular formula is C24H23ClFN3O5. The Bertz CT molecular complexity index is 1290. The summed E-state index contributed by atoms with van der Waals surface area (Å²) in [5.41, 5.74) is -0.0968. The lowest BCUT2D eigenvalue weighted by Crippen LogP contribution is -2.46. The number of aliphatic hydroxyl groups is 1. The largest absolute Gasteiger partial charge is 0.513 e. The zero-order chi connectivity index (χ0) is 24.8. The van der Waals surface area contributed by atoms with Gasteiger partial charge in [-0.05, 0) is 42.8 Å². The van der Waals surface area contributed by atoms with Gasteiger partial charge in [0.1, 0.15) is 24.2 Å². The van der Waals surface area contributed by atoms with Gasteiger partial charge in [0.2, 0.25) is 5.91 Å². The van der Waals surface area contributed by atoms with Crippen molar-refractivity contribution in [2.24, 2.45) is 0 Å². The molecule has 0 saturated carbocycles. The Hall–Kier alpha value is -3.72. The molecule has 34 heavy (non-hydrogen) atoms. The second kappa shape index (κ2) is 10.9. The second-order valence-corrected chi connectivity index (χ2v) is 7.99. The maximum Gasteiger partial charge on any atom is 0.262 e. The first kappa shape index (κ1) is 24.9. The van der Waals surface area contributed by atoms with Crippen molar-refractivity contribution in [2.45, 2.75) is 31.8 Å². The number of amides is 1. The van der Waals surface area contributed by atoms with E-state index in [2.05, 4.69) is 16.9 Å². The molecule has 1 amide bonds. The number of ketones is 1. The normalized spacial score (nSPS) is 12.7. The minimum Gasteiger partial charge on any atom is -0.513 e. The highest BCUT2D eigenvalue weighted by atomic mass is 35.5. The molecule has 1 heterocycles. The average Bonchev–Trinajstić information content (AvgIpc) is 2.80. The number of hydrogen-bond acceptors (Lipinski definition) is 6. The summed E-state index contributed by atoms with van der Waals surface area (Å²) in [5.74, 6) is -1.12. The zero-order valence-corrected chi connectivity index (χ0v) is 19.1. The predicted octanol–water partition coefficient (Wildman–Crippen LogP) is 4.28. The van der Waals surface area contributed by atoms with Crippen LogP contribution in [0, 0.1) is 0 Å². The van der Waals surface area contributed by atoms with Gasteiger partial charge in [0, 0.05) is 11.4 Å². The van der Waals surface area contributed by atoms with Crippen LogP contribution >= 0.6 is 11.6 Å². The standard InChI is InChI=1S/C24H23ClFN3O5/c1-3-21(23(32)28-20(9-14(2)30)22(31)12-26)29-13-27-19-8-7-17(11-18(19)24(29)33)34-16-6-4-5-15(25)10-16/h4-8,10-11,13,20-21,30H,2-3,9,12H2,1H3,(H,28,32)/t20?,21-/m0/s1. The topological polar surface area (TPSA) is 111 Å². The minimum absolute atomic E-state index is 0.189. The zero-order valence-electron chi connectivity index (χ0n) is 18.3. The van der Waals surface area contributed by atoms with Gasteiger partial charge in [-0.15, -0.1) is 0 Å². The summed E-state index contributed by atoms with van der Waals surface area (Å²) in [4.78, 5) is 42.2. The summed E-state index contributed by atoms with van der Waals surface area (Å²) in [6.07, 6.45) is 1.10. The minimum atomic E-state index is -1.32. The second-order valence-electron chi connectivity index (χ2n) is 7.55. The molecule has 2 N–H and O–H groups in total. The number of halogens is 2. The van der Waals surface area contributed by atoms with Crippen molar-refractivity contribution in [3.63, 3.8) is 0 Å². The van der Waals surface area contributed by atoms with Crippen molar-refractivity contribution in [3.8, 4) is 11.5 Å². The van der Waals surface area contributed by atoms with Gasteiger partial charge in [-0.25, -0.2) is 9.37 Å². The maximum absolute atomic E-state index is 13.2. The first-order chi connectivity index (χ1) is 16.2. The summed E-state index contributed by atoms with van der Waals surface area (Å²) in [6.45, 7) is 3.64. The van der Waals surface area contributed by atoms with Crippen molar-refractivity contribution in [1.29, 1.82) is 0 Å². The first-order valence-corrected chi connectivity index (χ1v) is 10.8. The summed E-state index contributed by atoms with van der Waals surface area (Å²) in [6, 6.07) is 9.23. The number of Topliss-reactive ketones (excluding diaryl/α,β-unsaturated/α-hetero) is 1. The molecule has 1 unspecified atom stereocenters. The Morgan fingerprint density at radius 3 is 2.65 bits per heavy atom. The Morgan fingerprint density at radius 2 is 2.00 bits per heavy atom. The molecule has 0 spiro atoms. The number of benzene rings is 2. The fourth-order valence-corrected chi connectivity index (χ4v) is 3.60. The van der Waals surface area contributed by atoms with E-state index in [9.17, 15) is 23.9 Å². The van der Waals surface area contributed by atoms with E-state index in [0.717, 1.165) is 4.57 Å². The van der Waals surface area contributed by atoms with Crippen LogP contribution in [0.5, 0.6) is 11.5 Å². The molecule has 2 aromatic carbocycles. The number of nitrogens with one attached hydrogen (secondary N) is 1. The van der Waals surface area contributed by atoms with Gasteiger partial charge in [-0.2, -0.15) is 0 Å². The third-order valence-corrected chi connectivity index (χ3v) is 5.32. The van der Waals surface area contributed by atoms with Crippen LogP contribution in [0.1, 0.15) is 25.8 Å². The van der Waals surface area contributed by atoms with Gasteiger partial charge >= 0.3 is 0 Å². The molecule has 0 radical (unpaired) electrons. The van der Waals surface area contributed by atoms with E-state index in [4.69, 9.17) is 16.3 Å². The van der Waals surface area contributed by atoms with E-state index in [1.54, 1.807) is 43.3 Å². The lowest BCUT2D eigenvalue weighted by molar-refractivity contribution is -0.130. The molecule has 3 rings (SSSR count). The van der Waals surface area contributed by atoms with Crippen LogP contribution in [0.15, 0.2) is 65.9 Å². The summed E-state index contributed by atoms with van der Waals surface area (Å²) in [7, 11) is 0. The molecule has 178 valence electrons. The lowest BCUT2D eigenvalue weighted by atomic mass is 10.1. The molecule has 0 saturated heterocycles. The molecule has 0 aliphatic heterocycles. The predicted molar refractivity (Wildman–Crippen MR) is 126 cm³/mol. The number of aromatic nitrogens is 2. The third-order valence-electron chi connectivity index (χ3n) is 5.09. The van der Waals surface area contributed by atoms with E-state index in [0.29, 0.717) is 22.0 Å². The van der Waals surface area contributed by atoms with Gasteiger partial charge in [-0.1, -0.05) is 31.2 Å². The number of aliphatic hydroxyl groups excluding tert-OH is 1. The number of ether oxygens (including phenoxy) is 1. The van der Waals surface area contributed by atoms with E-state index in [1.807, 2.05) is 0 Å². The number of alkyl halides is 1. The van der Waals surface area contributed by atoms with Crippen LogP contribution in [-0.2, 0) is 9.59 Å². The lowest BCUT2D eigenvalue weighted by Gasteiger charge is -2.22. The van der Waals surface area contributed by atoms with Crippen LogP contribution in [0.25, 0.3) is 10.9 Å². The van der Waals surface area contributed by atoms with Crippen LogP contribution < -0.4 is 15.6 Å².